The van der Waals surface area contributed by atoms with Crippen LogP contribution in [0.25, 0.3) is 22.2 Å². The van der Waals surface area contributed by atoms with Crippen molar-refractivity contribution in [2.24, 2.45) is 0 Å². The van der Waals surface area contributed by atoms with E-state index in [0.717, 1.165) is 9.13 Å². The van der Waals surface area contributed by atoms with Gasteiger partial charge in [-0.3, -0.25) is 4.79 Å². The van der Waals surface area contributed by atoms with Crippen molar-refractivity contribution in [3.05, 3.63) is 61.6 Å². The zero-order valence-corrected chi connectivity index (χ0v) is 16.9. The molecule has 3 aromatic rings. The maximum atomic E-state index is 12.3. The van der Waals surface area contributed by atoms with Gasteiger partial charge in [-0.05, 0) is 52.9 Å². The van der Waals surface area contributed by atoms with E-state index in [1.165, 1.54) is 0 Å². The highest BCUT2D eigenvalue weighted by atomic mass is 127. The molecule has 1 heterocycles. The molecular formula is C17H9BrCl2INO. The van der Waals surface area contributed by atoms with Gasteiger partial charge in [0.15, 0.2) is 5.78 Å². The zero-order chi connectivity index (χ0) is 16.6. The minimum absolute atomic E-state index is 0.0392. The molecule has 0 amide bonds. The van der Waals surface area contributed by atoms with Crippen LogP contribution in [0.4, 0.5) is 0 Å². The fraction of sp³-hybridized carbons (Fsp3) is 0.0588. The van der Waals surface area contributed by atoms with Crippen LogP contribution < -0.4 is 0 Å². The Morgan fingerprint density at radius 1 is 1.17 bits per heavy atom. The average molecular weight is 521 g/mol. The van der Waals surface area contributed by atoms with Gasteiger partial charge >= 0.3 is 0 Å². The van der Waals surface area contributed by atoms with Crippen LogP contribution in [0.1, 0.15) is 10.4 Å². The van der Waals surface area contributed by atoms with Crippen LogP contribution in [0.3, 0.4) is 0 Å². The molecule has 0 atom stereocenters. The number of carbonyl (C=O) groups excluding carboxylic acids is 1. The molecule has 0 spiro atoms. The van der Waals surface area contributed by atoms with E-state index in [4.69, 9.17) is 23.2 Å². The van der Waals surface area contributed by atoms with Gasteiger partial charge in [0.25, 0.3) is 0 Å². The quantitative estimate of drug-likeness (QED) is 0.227. The topological polar surface area (TPSA) is 30.0 Å². The highest BCUT2D eigenvalue weighted by Gasteiger charge is 2.16. The normalized spacial score (nSPS) is 11.0. The van der Waals surface area contributed by atoms with Crippen LogP contribution >= 0.6 is 61.7 Å². The van der Waals surface area contributed by atoms with Gasteiger partial charge in [0.2, 0.25) is 0 Å². The molecule has 1 aromatic heterocycles. The zero-order valence-electron chi connectivity index (χ0n) is 11.6. The number of hydrogen-bond donors (Lipinski definition) is 0. The summed E-state index contributed by atoms with van der Waals surface area (Å²) in [4.78, 5) is 17.0. The van der Waals surface area contributed by atoms with Crippen molar-refractivity contribution in [1.29, 1.82) is 0 Å². The van der Waals surface area contributed by atoms with Crippen LogP contribution in [0.2, 0.25) is 10.0 Å². The van der Waals surface area contributed by atoms with Crippen molar-refractivity contribution < 1.29 is 4.79 Å². The first-order valence-electron chi connectivity index (χ1n) is 6.64. The molecule has 0 aliphatic heterocycles. The van der Waals surface area contributed by atoms with Crippen molar-refractivity contribution in [2.75, 3.05) is 5.33 Å². The fourth-order valence-corrected chi connectivity index (χ4v) is 3.73. The molecule has 6 heteroatoms. The minimum atomic E-state index is -0.0392. The Bertz CT molecular complexity index is 930. The predicted molar refractivity (Wildman–Crippen MR) is 108 cm³/mol. The minimum Gasteiger partial charge on any atom is -0.293 e. The van der Waals surface area contributed by atoms with Crippen LogP contribution in [0, 0.1) is 3.57 Å². The highest BCUT2D eigenvalue weighted by Crippen LogP contribution is 2.32. The summed E-state index contributed by atoms with van der Waals surface area (Å²) >= 11 is 17.9. The molecule has 0 unspecified atom stereocenters. The summed E-state index contributed by atoms with van der Waals surface area (Å²) in [6, 6.07) is 13.1. The van der Waals surface area contributed by atoms with Crippen LogP contribution in [-0.2, 0) is 0 Å². The molecule has 0 radical (unpaired) electrons. The molecular weight excluding hydrogens is 512 g/mol. The maximum Gasteiger partial charge on any atom is 0.174 e. The van der Waals surface area contributed by atoms with Crippen LogP contribution in [0.5, 0.6) is 0 Å². The lowest BCUT2D eigenvalue weighted by Gasteiger charge is -2.10. The lowest BCUT2D eigenvalue weighted by Crippen LogP contribution is -2.03. The smallest absolute Gasteiger partial charge is 0.174 e. The Labute approximate surface area is 165 Å². The second-order valence-electron chi connectivity index (χ2n) is 4.91. The molecule has 116 valence electrons. The van der Waals surface area contributed by atoms with Gasteiger partial charge in [0.1, 0.15) is 0 Å². The van der Waals surface area contributed by atoms with E-state index in [1.807, 2.05) is 24.3 Å². The molecule has 23 heavy (non-hydrogen) atoms. The van der Waals surface area contributed by atoms with E-state index < -0.39 is 0 Å². The van der Waals surface area contributed by atoms with Crippen molar-refractivity contribution in [3.63, 3.8) is 0 Å². The maximum absolute atomic E-state index is 12.3. The van der Waals surface area contributed by atoms with Gasteiger partial charge in [-0.2, -0.15) is 0 Å². The number of fused-ring (bicyclic) bond motifs is 1. The first-order valence-corrected chi connectivity index (χ1v) is 9.60. The van der Waals surface area contributed by atoms with Gasteiger partial charge in [-0.25, -0.2) is 4.98 Å². The molecule has 0 saturated carbocycles. The second kappa shape index (κ2) is 7.05. The second-order valence-corrected chi connectivity index (χ2v) is 7.56. The third kappa shape index (κ3) is 3.55. The SMILES string of the molecule is O=C(CBr)c1cc(-c2cccc(I)c2)nc2c(Cl)cc(Cl)cc12. The summed E-state index contributed by atoms with van der Waals surface area (Å²) in [6.45, 7) is 0. The molecule has 3 rings (SSSR count). The van der Waals surface area contributed by atoms with E-state index in [0.29, 0.717) is 32.2 Å². The van der Waals surface area contributed by atoms with E-state index in [-0.39, 0.29) is 11.1 Å². The molecule has 0 saturated heterocycles. The largest absolute Gasteiger partial charge is 0.293 e. The number of Topliss-reactive ketones (excluding diaryl/α,β-unsaturated/α-hetero) is 1. The Morgan fingerprint density at radius 2 is 1.96 bits per heavy atom. The van der Waals surface area contributed by atoms with Crippen LogP contribution in [-0.4, -0.2) is 16.1 Å². The predicted octanol–water partition coefficient (Wildman–Crippen LogP) is 6.39. The number of carbonyl (C=O) groups is 1. The summed E-state index contributed by atoms with van der Waals surface area (Å²) in [5, 5.41) is 1.81. The summed E-state index contributed by atoms with van der Waals surface area (Å²) in [6.07, 6.45) is 0. The fourth-order valence-electron chi connectivity index (χ4n) is 2.35. The van der Waals surface area contributed by atoms with Crippen molar-refractivity contribution in [2.45, 2.75) is 0 Å². The number of rotatable bonds is 3. The number of benzene rings is 2. The number of alkyl halides is 1. The molecule has 0 aliphatic rings. The monoisotopic (exact) mass is 519 g/mol. The molecule has 0 aliphatic carbocycles. The van der Waals surface area contributed by atoms with Gasteiger partial charge in [0.05, 0.1) is 21.6 Å². The lowest BCUT2D eigenvalue weighted by atomic mass is 10.0. The number of nitrogens with zero attached hydrogens (tertiary/aromatic N) is 1. The molecule has 0 fully saturated rings. The summed E-state index contributed by atoms with van der Waals surface area (Å²) in [5.74, 6) is -0.0392. The van der Waals surface area contributed by atoms with E-state index in [2.05, 4.69) is 43.5 Å². The molecule has 0 N–H and O–H groups in total. The Morgan fingerprint density at radius 3 is 2.65 bits per heavy atom. The molecule has 2 aromatic carbocycles. The van der Waals surface area contributed by atoms with Crippen LogP contribution in [0.15, 0.2) is 42.5 Å². The van der Waals surface area contributed by atoms with Gasteiger partial charge in [-0.1, -0.05) is 51.3 Å². The van der Waals surface area contributed by atoms with Gasteiger partial charge < -0.3 is 0 Å². The number of hydrogen-bond acceptors (Lipinski definition) is 2. The van der Waals surface area contributed by atoms with Gasteiger partial charge in [-0.15, -0.1) is 0 Å². The Balaban J connectivity index is 2.35. The molecule has 0 bridgehead atoms. The van der Waals surface area contributed by atoms with Gasteiger partial charge in [0, 0.05) is 25.1 Å². The Hall–Kier alpha value is -0.690. The number of halogens is 4. The third-order valence-electron chi connectivity index (χ3n) is 3.37. The highest BCUT2D eigenvalue weighted by molar-refractivity contribution is 14.1. The number of aromatic nitrogens is 1. The number of ketones is 1. The van der Waals surface area contributed by atoms with E-state index in [9.17, 15) is 4.79 Å². The van der Waals surface area contributed by atoms with Crippen molar-refractivity contribution >= 4 is 78.4 Å². The van der Waals surface area contributed by atoms with E-state index in [1.54, 1.807) is 18.2 Å². The summed E-state index contributed by atoms with van der Waals surface area (Å²) in [5.41, 5.74) is 2.79. The standard InChI is InChI=1S/C17H9BrCl2INO/c18-8-16(23)12-7-15(9-2-1-3-11(21)4-9)22-17-13(12)5-10(19)6-14(17)20/h1-7H,8H2. The van der Waals surface area contributed by atoms with Crippen molar-refractivity contribution in [3.8, 4) is 11.3 Å². The summed E-state index contributed by atoms with van der Waals surface area (Å²) in [7, 11) is 0. The number of pyridine rings is 1. The Kier molecular flexibility index (Phi) is 5.26. The first-order chi connectivity index (χ1) is 11.0. The summed E-state index contributed by atoms with van der Waals surface area (Å²) < 4.78 is 1.09. The average Bonchev–Trinajstić information content (AvgIpc) is 2.53. The van der Waals surface area contributed by atoms with Crippen molar-refractivity contribution in [1.82, 2.24) is 4.98 Å². The van der Waals surface area contributed by atoms with E-state index >= 15 is 0 Å². The molecule has 2 nitrogen and oxygen atoms in total. The third-order valence-corrected chi connectivity index (χ3v) is 5.06. The first kappa shape index (κ1) is 17.1. The lowest BCUT2D eigenvalue weighted by molar-refractivity contribution is 0.102.